The number of benzene rings is 1. The molecule has 1 N–H and O–H groups in total. The van der Waals surface area contributed by atoms with Crippen molar-refractivity contribution >= 4 is 11.7 Å². The van der Waals surface area contributed by atoms with Crippen LogP contribution in [0.4, 0.5) is 19.0 Å². The maximum atomic E-state index is 14.2. The van der Waals surface area contributed by atoms with E-state index in [-0.39, 0.29) is 29.7 Å². The summed E-state index contributed by atoms with van der Waals surface area (Å²) in [4.78, 5) is 25.6. The number of nitrogens with one attached hydrogen (secondary N) is 1. The summed E-state index contributed by atoms with van der Waals surface area (Å²) in [6.07, 6.45) is 3.11. The molecule has 2 heterocycles. The molecule has 1 aromatic carbocycles. The molecular formula is C19H16F3N5O. The number of halogens is 3. The Balaban J connectivity index is 2.08. The molecule has 0 aliphatic rings. The standard InChI is InChI=1S/C19H16F3N5O/c1-27(2)16(28)10-24-15-9-14(11-5-7-23-8-6-11)25-19(26-15)12-3-4-13(20)18(22)17(12)21/h3-9H,10H2,1-2H3,(H,24,25,26). The van der Waals surface area contributed by atoms with Gasteiger partial charge >= 0.3 is 0 Å². The number of hydrogen-bond acceptors (Lipinski definition) is 5. The quantitative estimate of drug-likeness (QED) is 0.681. The lowest BCUT2D eigenvalue weighted by Gasteiger charge is -2.13. The molecule has 144 valence electrons. The van der Waals surface area contributed by atoms with E-state index in [0.29, 0.717) is 11.3 Å². The Bertz CT molecular complexity index is 1010. The van der Waals surface area contributed by atoms with E-state index in [2.05, 4.69) is 20.3 Å². The van der Waals surface area contributed by atoms with Gasteiger partial charge in [-0.1, -0.05) is 0 Å². The number of hydrogen-bond donors (Lipinski definition) is 1. The molecule has 0 atom stereocenters. The van der Waals surface area contributed by atoms with E-state index in [4.69, 9.17) is 0 Å². The fourth-order valence-corrected chi connectivity index (χ4v) is 2.35. The summed E-state index contributed by atoms with van der Waals surface area (Å²) in [6.45, 7) is -0.0561. The van der Waals surface area contributed by atoms with Gasteiger partial charge in [-0.2, -0.15) is 0 Å². The molecule has 0 saturated carbocycles. The number of rotatable bonds is 5. The van der Waals surface area contributed by atoms with Crippen molar-refractivity contribution in [3.8, 4) is 22.6 Å². The average molecular weight is 387 g/mol. The third-order valence-corrected chi connectivity index (χ3v) is 3.90. The molecule has 9 heteroatoms. The van der Waals surface area contributed by atoms with E-state index >= 15 is 0 Å². The highest BCUT2D eigenvalue weighted by Crippen LogP contribution is 2.27. The van der Waals surface area contributed by atoms with Gasteiger partial charge in [0.2, 0.25) is 5.91 Å². The lowest BCUT2D eigenvalue weighted by atomic mass is 10.1. The van der Waals surface area contributed by atoms with Crippen molar-refractivity contribution in [2.45, 2.75) is 0 Å². The zero-order valence-electron chi connectivity index (χ0n) is 15.1. The number of nitrogens with zero attached hydrogens (tertiary/aromatic N) is 4. The van der Waals surface area contributed by atoms with Crippen LogP contribution in [0.3, 0.4) is 0 Å². The number of carbonyl (C=O) groups excluding carboxylic acids is 1. The van der Waals surface area contributed by atoms with Crippen LogP contribution >= 0.6 is 0 Å². The number of amides is 1. The number of pyridine rings is 1. The van der Waals surface area contributed by atoms with Crippen LogP contribution in [-0.2, 0) is 4.79 Å². The van der Waals surface area contributed by atoms with Gasteiger partial charge in [-0.05, 0) is 24.3 Å². The van der Waals surface area contributed by atoms with Gasteiger partial charge in [0.15, 0.2) is 23.3 Å². The van der Waals surface area contributed by atoms with Crippen LogP contribution in [0.2, 0.25) is 0 Å². The first-order valence-corrected chi connectivity index (χ1v) is 8.24. The zero-order chi connectivity index (χ0) is 20.3. The fourth-order valence-electron chi connectivity index (χ4n) is 2.35. The summed E-state index contributed by atoms with van der Waals surface area (Å²) in [5.74, 6) is -4.41. The highest BCUT2D eigenvalue weighted by Gasteiger charge is 2.18. The van der Waals surface area contributed by atoms with Crippen molar-refractivity contribution in [3.63, 3.8) is 0 Å². The van der Waals surface area contributed by atoms with Crippen LogP contribution < -0.4 is 5.32 Å². The smallest absolute Gasteiger partial charge is 0.241 e. The highest BCUT2D eigenvalue weighted by atomic mass is 19.2. The Morgan fingerprint density at radius 2 is 1.75 bits per heavy atom. The first kappa shape index (κ1) is 19.3. The number of carbonyl (C=O) groups is 1. The third-order valence-electron chi connectivity index (χ3n) is 3.90. The summed E-state index contributed by atoms with van der Waals surface area (Å²) in [7, 11) is 3.21. The van der Waals surface area contributed by atoms with Crippen molar-refractivity contribution in [3.05, 3.63) is 60.2 Å². The number of likely N-dealkylation sites (N-methyl/N-ethyl adjacent to an activating group) is 1. The Morgan fingerprint density at radius 1 is 1.04 bits per heavy atom. The minimum Gasteiger partial charge on any atom is -0.361 e. The van der Waals surface area contributed by atoms with Gasteiger partial charge in [-0.15, -0.1) is 0 Å². The molecule has 3 aromatic rings. The molecule has 0 unspecified atom stereocenters. The minimum absolute atomic E-state index is 0.0561. The summed E-state index contributed by atoms with van der Waals surface area (Å²) in [6, 6.07) is 6.80. The van der Waals surface area contributed by atoms with Crippen LogP contribution in [0, 0.1) is 17.5 Å². The first-order chi connectivity index (χ1) is 13.4. The SMILES string of the molecule is CN(C)C(=O)CNc1cc(-c2ccncc2)nc(-c2ccc(F)c(F)c2F)n1. The normalized spacial score (nSPS) is 10.6. The lowest BCUT2D eigenvalue weighted by Crippen LogP contribution is -2.28. The summed E-state index contributed by atoms with van der Waals surface area (Å²) < 4.78 is 41.2. The molecule has 0 fully saturated rings. The largest absolute Gasteiger partial charge is 0.361 e. The summed E-state index contributed by atoms with van der Waals surface area (Å²) in [5, 5.41) is 2.84. The Kier molecular flexibility index (Phi) is 5.53. The van der Waals surface area contributed by atoms with Gasteiger partial charge in [-0.25, -0.2) is 23.1 Å². The van der Waals surface area contributed by atoms with Crippen LogP contribution in [-0.4, -0.2) is 46.4 Å². The lowest BCUT2D eigenvalue weighted by molar-refractivity contribution is -0.126. The van der Waals surface area contributed by atoms with Gasteiger partial charge in [0.05, 0.1) is 17.8 Å². The van der Waals surface area contributed by atoms with Crippen LogP contribution in [0.15, 0.2) is 42.7 Å². The molecule has 2 aromatic heterocycles. The van der Waals surface area contributed by atoms with E-state index in [0.717, 1.165) is 12.1 Å². The molecule has 28 heavy (non-hydrogen) atoms. The van der Waals surface area contributed by atoms with E-state index in [1.807, 2.05) is 0 Å². The van der Waals surface area contributed by atoms with Crippen molar-refractivity contribution in [1.29, 1.82) is 0 Å². The van der Waals surface area contributed by atoms with E-state index < -0.39 is 17.5 Å². The zero-order valence-corrected chi connectivity index (χ0v) is 15.1. The second kappa shape index (κ2) is 8.03. The monoisotopic (exact) mass is 387 g/mol. The molecule has 0 saturated heterocycles. The minimum atomic E-state index is -1.60. The molecule has 3 rings (SSSR count). The van der Waals surface area contributed by atoms with E-state index in [1.165, 1.54) is 4.90 Å². The number of aromatic nitrogens is 3. The molecular weight excluding hydrogens is 371 g/mol. The maximum Gasteiger partial charge on any atom is 0.241 e. The molecule has 0 bridgehead atoms. The third kappa shape index (κ3) is 4.08. The van der Waals surface area contributed by atoms with Crippen LogP contribution in [0.25, 0.3) is 22.6 Å². The summed E-state index contributed by atoms with van der Waals surface area (Å²) >= 11 is 0. The molecule has 0 aliphatic carbocycles. The van der Waals surface area contributed by atoms with Gasteiger partial charge in [0, 0.05) is 38.1 Å². The topological polar surface area (TPSA) is 71.0 Å². The maximum absolute atomic E-state index is 14.2. The van der Waals surface area contributed by atoms with Crippen molar-refractivity contribution in [1.82, 2.24) is 19.9 Å². The van der Waals surface area contributed by atoms with Crippen LogP contribution in [0.1, 0.15) is 0 Å². The molecule has 1 amide bonds. The molecule has 0 radical (unpaired) electrons. The fraction of sp³-hybridized carbons (Fsp3) is 0.158. The van der Waals surface area contributed by atoms with Gasteiger partial charge in [0.1, 0.15) is 5.82 Å². The Hall–Kier alpha value is -3.49. The van der Waals surface area contributed by atoms with Crippen molar-refractivity contribution < 1.29 is 18.0 Å². The number of anilines is 1. The molecule has 0 aliphatic heterocycles. The van der Waals surface area contributed by atoms with Gasteiger partial charge < -0.3 is 10.2 Å². The Labute approximate surface area is 159 Å². The Morgan fingerprint density at radius 3 is 2.43 bits per heavy atom. The van der Waals surface area contributed by atoms with Crippen molar-refractivity contribution in [2.24, 2.45) is 0 Å². The second-order valence-electron chi connectivity index (χ2n) is 6.06. The van der Waals surface area contributed by atoms with Gasteiger partial charge in [0.25, 0.3) is 0 Å². The van der Waals surface area contributed by atoms with E-state index in [1.54, 1.807) is 44.7 Å². The predicted octanol–water partition coefficient (Wildman–Crippen LogP) is 3.12. The molecule has 0 spiro atoms. The summed E-state index contributed by atoms with van der Waals surface area (Å²) in [5.41, 5.74) is 0.761. The predicted molar refractivity (Wildman–Crippen MR) is 97.8 cm³/mol. The highest BCUT2D eigenvalue weighted by molar-refractivity contribution is 5.80. The average Bonchev–Trinajstić information content (AvgIpc) is 2.70. The van der Waals surface area contributed by atoms with Gasteiger partial charge in [-0.3, -0.25) is 9.78 Å². The second-order valence-corrected chi connectivity index (χ2v) is 6.06. The van der Waals surface area contributed by atoms with Crippen LogP contribution in [0.5, 0.6) is 0 Å². The molecule has 6 nitrogen and oxygen atoms in total. The van der Waals surface area contributed by atoms with Crippen molar-refractivity contribution in [2.75, 3.05) is 26.0 Å². The van der Waals surface area contributed by atoms with E-state index in [9.17, 15) is 18.0 Å². The first-order valence-electron chi connectivity index (χ1n) is 8.24.